The minimum atomic E-state index is -0.352. The van der Waals surface area contributed by atoms with Gasteiger partial charge in [-0.2, -0.15) is 0 Å². The van der Waals surface area contributed by atoms with E-state index >= 15 is 0 Å². The van der Waals surface area contributed by atoms with Crippen molar-refractivity contribution in [1.29, 1.82) is 0 Å². The summed E-state index contributed by atoms with van der Waals surface area (Å²) in [5.41, 5.74) is 5.88. The van der Waals surface area contributed by atoms with Crippen LogP contribution in [0.5, 0.6) is 5.75 Å². The Labute approximate surface area is 184 Å². The number of hydrogen-bond donors (Lipinski definition) is 0. The van der Waals surface area contributed by atoms with Crippen molar-refractivity contribution in [3.63, 3.8) is 0 Å². The predicted molar refractivity (Wildman–Crippen MR) is 126 cm³/mol. The normalized spacial score (nSPS) is 10.4. The molecule has 0 amide bonds. The van der Waals surface area contributed by atoms with Gasteiger partial charge >= 0.3 is 5.97 Å². The molecule has 0 atom stereocenters. The first kappa shape index (κ1) is 21.9. The van der Waals surface area contributed by atoms with Crippen molar-refractivity contribution in [3.05, 3.63) is 95.1 Å². The Morgan fingerprint density at radius 2 is 1.74 bits per heavy atom. The highest BCUT2D eigenvalue weighted by Gasteiger charge is 2.06. The molecule has 3 aromatic carbocycles. The summed E-state index contributed by atoms with van der Waals surface area (Å²) in [6, 6.07) is 21.7. The number of hydrogen-bond acceptors (Lipinski definition) is 3. The molecule has 0 radical (unpaired) electrons. The van der Waals surface area contributed by atoms with Gasteiger partial charge in [0.1, 0.15) is 5.75 Å². The molecule has 0 spiro atoms. The molecule has 156 valence electrons. The van der Waals surface area contributed by atoms with E-state index in [2.05, 4.69) is 62.1 Å². The first-order valence-electron chi connectivity index (χ1n) is 10.3. The highest BCUT2D eigenvalue weighted by atomic mass is 16.5. The monoisotopic (exact) mass is 410 g/mol. The van der Waals surface area contributed by atoms with E-state index in [9.17, 15) is 4.79 Å². The molecule has 31 heavy (non-hydrogen) atoms. The highest BCUT2D eigenvalue weighted by Crippen LogP contribution is 2.29. The van der Waals surface area contributed by atoms with Crippen LogP contribution in [-0.4, -0.2) is 19.7 Å². The summed E-state index contributed by atoms with van der Waals surface area (Å²) in [6.07, 6.45) is 4.82. The third-order valence-electron chi connectivity index (χ3n) is 4.73. The molecular formula is C28H26O3. The van der Waals surface area contributed by atoms with Crippen molar-refractivity contribution in [2.75, 3.05) is 13.7 Å². The van der Waals surface area contributed by atoms with Gasteiger partial charge in [0.05, 0.1) is 19.3 Å². The molecule has 0 aliphatic heterocycles. The quantitative estimate of drug-likeness (QED) is 0.353. The van der Waals surface area contributed by atoms with Crippen LogP contribution in [0, 0.1) is 18.8 Å². The second-order valence-electron chi connectivity index (χ2n) is 7.14. The third-order valence-corrected chi connectivity index (χ3v) is 4.73. The Morgan fingerprint density at radius 1 is 1.00 bits per heavy atom. The Hall–Kier alpha value is -3.77. The predicted octanol–water partition coefficient (Wildman–Crippen LogP) is 6.30. The van der Waals surface area contributed by atoms with E-state index in [1.165, 1.54) is 12.7 Å². The first-order valence-corrected chi connectivity index (χ1v) is 10.3. The summed E-state index contributed by atoms with van der Waals surface area (Å²) in [5.74, 6) is 6.68. The van der Waals surface area contributed by atoms with E-state index in [1.54, 1.807) is 12.1 Å². The topological polar surface area (TPSA) is 35.5 Å². The van der Waals surface area contributed by atoms with Crippen molar-refractivity contribution >= 4 is 12.0 Å². The smallest absolute Gasteiger partial charge is 0.337 e. The molecule has 0 bridgehead atoms. The van der Waals surface area contributed by atoms with E-state index < -0.39 is 0 Å². The third kappa shape index (κ3) is 6.10. The molecule has 0 heterocycles. The van der Waals surface area contributed by atoms with Gasteiger partial charge in [0.15, 0.2) is 0 Å². The average molecular weight is 411 g/mol. The van der Waals surface area contributed by atoms with Gasteiger partial charge in [-0.1, -0.05) is 54.7 Å². The zero-order valence-corrected chi connectivity index (χ0v) is 18.1. The van der Waals surface area contributed by atoms with Gasteiger partial charge in [-0.3, -0.25) is 0 Å². The lowest BCUT2D eigenvalue weighted by molar-refractivity contribution is 0.0600. The van der Waals surface area contributed by atoms with Crippen LogP contribution in [0.15, 0.2) is 72.8 Å². The van der Waals surface area contributed by atoms with Crippen LogP contribution in [-0.2, 0) is 4.74 Å². The van der Waals surface area contributed by atoms with Gasteiger partial charge in [-0.05, 0) is 78.6 Å². The van der Waals surface area contributed by atoms with Crippen LogP contribution in [0.25, 0.3) is 17.2 Å². The van der Waals surface area contributed by atoms with E-state index in [0.717, 1.165) is 34.4 Å². The molecule has 0 saturated carbocycles. The summed E-state index contributed by atoms with van der Waals surface area (Å²) in [6.45, 7) is 4.88. The fraction of sp³-hybridized carbons (Fsp3) is 0.179. The highest BCUT2D eigenvalue weighted by molar-refractivity contribution is 5.89. The van der Waals surface area contributed by atoms with Crippen molar-refractivity contribution in [1.82, 2.24) is 0 Å². The standard InChI is InChI=1S/C28H26O3/c1-4-19-31-26-18-17-23(27(20-26)24-13-9-21(2)10-14-24)8-6-5-7-22-11-15-25(16-12-22)28(29)30-3/h6,8-18,20H,4,19H2,1-3H3. The van der Waals surface area contributed by atoms with Crippen molar-refractivity contribution < 1.29 is 14.3 Å². The van der Waals surface area contributed by atoms with Crippen LogP contribution in [0.3, 0.4) is 0 Å². The van der Waals surface area contributed by atoms with Crippen molar-refractivity contribution in [2.24, 2.45) is 0 Å². The largest absolute Gasteiger partial charge is 0.494 e. The molecule has 3 rings (SSSR count). The zero-order valence-electron chi connectivity index (χ0n) is 18.1. The number of allylic oxidation sites excluding steroid dienone is 1. The summed E-state index contributed by atoms with van der Waals surface area (Å²) in [4.78, 5) is 11.5. The average Bonchev–Trinajstić information content (AvgIpc) is 2.81. The lowest BCUT2D eigenvalue weighted by Crippen LogP contribution is -2.00. The molecule has 0 fully saturated rings. The van der Waals surface area contributed by atoms with E-state index in [0.29, 0.717) is 12.2 Å². The van der Waals surface area contributed by atoms with Crippen LogP contribution in [0.1, 0.15) is 40.4 Å². The number of benzene rings is 3. The number of esters is 1. The molecule has 0 N–H and O–H groups in total. The SMILES string of the molecule is CCCOc1ccc(C=CC#Cc2ccc(C(=O)OC)cc2)c(-c2ccc(C)cc2)c1. The number of ether oxygens (including phenoxy) is 2. The molecule has 3 heteroatoms. The Kier molecular flexibility index (Phi) is 7.67. The van der Waals surface area contributed by atoms with Crippen molar-refractivity contribution in [3.8, 4) is 28.7 Å². The zero-order chi connectivity index (χ0) is 22.1. The molecule has 0 aliphatic carbocycles. The van der Waals surface area contributed by atoms with Crippen LogP contribution in [0.2, 0.25) is 0 Å². The number of methoxy groups -OCH3 is 1. The molecular weight excluding hydrogens is 384 g/mol. The summed E-state index contributed by atoms with van der Waals surface area (Å²) >= 11 is 0. The molecule has 0 aromatic heterocycles. The fourth-order valence-corrected chi connectivity index (χ4v) is 3.04. The van der Waals surface area contributed by atoms with E-state index in [-0.39, 0.29) is 5.97 Å². The van der Waals surface area contributed by atoms with Crippen LogP contribution >= 0.6 is 0 Å². The number of carbonyl (C=O) groups excluding carboxylic acids is 1. The fourth-order valence-electron chi connectivity index (χ4n) is 3.04. The number of aryl methyl sites for hydroxylation is 1. The first-order chi connectivity index (χ1) is 15.1. The van der Waals surface area contributed by atoms with Gasteiger partial charge in [0, 0.05) is 5.56 Å². The minimum Gasteiger partial charge on any atom is -0.494 e. The second kappa shape index (κ2) is 10.8. The van der Waals surface area contributed by atoms with E-state index in [4.69, 9.17) is 9.47 Å². The summed E-state index contributed by atoms with van der Waals surface area (Å²) in [7, 11) is 1.37. The lowest BCUT2D eigenvalue weighted by atomic mass is 9.98. The Bertz CT molecular complexity index is 1110. The molecule has 3 nitrogen and oxygen atoms in total. The van der Waals surface area contributed by atoms with Gasteiger partial charge in [0.2, 0.25) is 0 Å². The number of rotatable bonds is 6. The Morgan fingerprint density at radius 3 is 2.42 bits per heavy atom. The minimum absolute atomic E-state index is 0.352. The van der Waals surface area contributed by atoms with Crippen LogP contribution in [0.4, 0.5) is 0 Å². The molecule has 0 unspecified atom stereocenters. The van der Waals surface area contributed by atoms with Gasteiger partial charge in [0.25, 0.3) is 0 Å². The molecule has 0 saturated heterocycles. The van der Waals surface area contributed by atoms with E-state index in [1.807, 2.05) is 30.4 Å². The molecule has 3 aromatic rings. The van der Waals surface area contributed by atoms with Gasteiger partial charge < -0.3 is 9.47 Å². The van der Waals surface area contributed by atoms with Gasteiger partial charge in [-0.25, -0.2) is 4.79 Å². The van der Waals surface area contributed by atoms with Crippen LogP contribution < -0.4 is 4.74 Å². The maximum atomic E-state index is 11.5. The molecule has 0 aliphatic rings. The maximum absolute atomic E-state index is 11.5. The Balaban J connectivity index is 1.83. The van der Waals surface area contributed by atoms with Gasteiger partial charge in [-0.15, -0.1) is 0 Å². The second-order valence-corrected chi connectivity index (χ2v) is 7.14. The lowest BCUT2D eigenvalue weighted by Gasteiger charge is -2.11. The maximum Gasteiger partial charge on any atom is 0.337 e. The van der Waals surface area contributed by atoms with Crippen molar-refractivity contribution in [2.45, 2.75) is 20.3 Å². The summed E-state index contributed by atoms with van der Waals surface area (Å²) in [5, 5.41) is 0. The summed E-state index contributed by atoms with van der Waals surface area (Å²) < 4.78 is 10.5. The number of carbonyl (C=O) groups is 1.